The van der Waals surface area contributed by atoms with Crippen molar-refractivity contribution in [1.82, 2.24) is 0 Å². The molecule has 0 unspecified atom stereocenters. The lowest BCUT2D eigenvalue weighted by Crippen LogP contribution is -2.27. The largest absolute Gasteiger partial charge is 0.497 e. The zero-order valence-corrected chi connectivity index (χ0v) is 16.8. The summed E-state index contributed by atoms with van der Waals surface area (Å²) in [5, 5.41) is 12.8. The average molecular weight is 412 g/mol. The highest BCUT2D eigenvalue weighted by molar-refractivity contribution is 8.00. The van der Waals surface area contributed by atoms with E-state index in [0.29, 0.717) is 22.9 Å². The Hall–Kier alpha value is -2.84. The number of benzene rings is 3. The molecule has 1 aliphatic rings. The zero-order valence-electron chi connectivity index (χ0n) is 15.1. The van der Waals surface area contributed by atoms with E-state index in [0.717, 1.165) is 24.6 Å². The standard InChI is InChI=1S/C20H16N2O4S2/c1-25-13-8-9-16-17(10-13)28-19-12-14(26-2)11-18(20(19)21(16)22(23)24)27-15-6-4-3-5-7-15/h3-12H,1-2H3. The molecule has 1 heterocycles. The van der Waals surface area contributed by atoms with Gasteiger partial charge in [0.05, 0.1) is 14.2 Å². The van der Waals surface area contributed by atoms with Gasteiger partial charge in [0.1, 0.15) is 22.9 Å². The Bertz CT molecular complexity index is 1040. The highest BCUT2D eigenvalue weighted by atomic mass is 32.2. The molecule has 28 heavy (non-hydrogen) atoms. The zero-order chi connectivity index (χ0) is 19.7. The van der Waals surface area contributed by atoms with Crippen LogP contribution in [0.25, 0.3) is 0 Å². The van der Waals surface area contributed by atoms with Gasteiger partial charge in [-0.05, 0) is 42.5 Å². The Labute approximate surface area is 170 Å². The number of hydrogen-bond donors (Lipinski definition) is 0. The van der Waals surface area contributed by atoms with Crippen LogP contribution >= 0.6 is 23.5 Å². The molecule has 0 amide bonds. The molecule has 3 aromatic rings. The van der Waals surface area contributed by atoms with E-state index in [2.05, 4.69) is 0 Å². The van der Waals surface area contributed by atoms with Crippen molar-refractivity contribution >= 4 is 34.9 Å². The molecule has 0 saturated heterocycles. The van der Waals surface area contributed by atoms with Crippen LogP contribution in [0.15, 0.2) is 80.2 Å². The smallest absolute Gasteiger partial charge is 0.170 e. The quantitative estimate of drug-likeness (QED) is 0.396. The van der Waals surface area contributed by atoms with Crippen LogP contribution in [0, 0.1) is 10.1 Å². The van der Waals surface area contributed by atoms with Gasteiger partial charge in [-0.1, -0.05) is 46.7 Å². The van der Waals surface area contributed by atoms with Crippen LogP contribution in [0.2, 0.25) is 0 Å². The summed E-state index contributed by atoms with van der Waals surface area (Å²) >= 11 is 2.94. The molecule has 0 fully saturated rings. The molecule has 0 saturated carbocycles. The second kappa shape index (κ2) is 7.65. The summed E-state index contributed by atoms with van der Waals surface area (Å²) < 4.78 is 10.7. The van der Waals surface area contributed by atoms with Gasteiger partial charge in [0.15, 0.2) is 5.03 Å². The maximum Gasteiger partial charge on any atom is 0.170 e. The number of rotatable bonds is 5. The van der Waals surface area contributed by atoms with E-state index < -0.39 is 0 Å². The summed E-state index contributed by atoms with van der Waals surface area (Å²) in [6.45, 7) is 0. The van der Waals surface area contributed by atoms with Crippen LogP contribution in [-0.2, 0) is 0 Å². The lowest BCUT2D eigenvalue weighted by Gasteiger charge is -2.27. The second-order valence-corrected chi connectivity index (χ2v) is 8.07. The highest BCUT2D eigenvalue weighted by Crippen LogP contribution is 2.54. The van der Waals surface area contributed by atoms with E-state index in [-0.39, 0.29) is 5.03 Å². The van der Waals surface area contributed by atoms with Crippen molar-refractivity contribution in [1.29, 1.82) is 0 Å². The maximum atomic E-state index is 12.0. The van der Waals surface area contributed by atoms with Crippen molar-refractivity contribution in [2.45, 2.75) is 19.6 Å². The molecule has 0 aromatic heterocycles. The minimum atomic E-state index is -0.384. The van der Waals surface area contributed by atoms with Gasteiger partial charge in [0, 0.05) is 19.6 Å². The monoisotopic (exact) mass is 412 g/mol. The van der Waals surface area contributed by atoms with E-state index in [1.54, 1.807) is 26.4 Å². The first-order chi connectivity index (χ1) is 13.6. The molecule has 0 aliphatic carbocycles. The first-order valence-corrected chi connectivity index (χ1v) is 9.99. The number of ether oxygens (including phenoxy) is 2. The molecular formula is C20H16N2O4S2. The second-order valence-electron chi connectivity index (χ2n) is 5.87. The molecule has 0 bridgehead atoms. The summed E-state index contributed by atoms with van der Waals surface area (Å²) in [6.07, 6.45) is 0. The summed E-state index contributed by atoms with van der Waals surface area (Å²) in [5.41, 5.74) is 1.06. The van der Waals surface area contributed by atoms with Crippen LogP contribution in [0.1, 0.15) is 0 Å². The molecule has 0 N–H and O–H groups in total. The van der Waals surface area contributed by atoms with E-state index >= 15 is 0 Å². The first-order valence-electron chi connectivity index (χ1n) is 8.36. The van der Waals surface area contributed by atoms with Crippen molar-refractivity contribution in [2.75, 3.05) is 19.2 Å². The van der Waals surface area contributed by atoms with E-state index in [1.165, 1.54) is 23.5 Å². The van der Waals surface area contributed by atoms with Gasteiger partial charge in [-0.15, -0.1) is 0 Å². The molecular weight excluding hydrogens is 396 g/mol. The number of methoxy groups -OCH3 is 2. The number of hydrazine groups is 1. The molecule has 8 heteroatoms. The number of anilines is 2. The first kappa shape index (κ1) is 18.5. The molecule has 1 aliphatic heterocycles. The molecule has 0 spiro atoms. The van der Waals surface area contributed by atoms with E-state index in [4.69, 9.17) is 9.47 Å². The molecule has 4 rings (SSSR count). The van der Waals surface area contributed by atoms with Crippen molar-refractivity contribution in [3.05, 3.63) is 70.8 Å². The third kappa shape index (κ3) is 3.36. The van der Waals surface area contributed by atoms with Gasteiger partial charge in [0.25, 0.3) is 0 Å². The highest BCUT2D eigenvalue weighted by Gasteiger charge is 2.35. The number of fused-ring (bicyclic) bond motifs is 2. The summed E-state index contributed by atoms with van der Waals surface area (Å²) in [5.74, 6) is 1.30. The van der Waals surface area contributed by atoms with Crippen LogP contribution in [0.4, 0.5) is 11.4 Å². The van der Waals surface area contributed by atoms with Gasteiger partial charge in [-0.3, -0.25) is 0 Å². The Morgan fingerprint density at radius 2 is 1.68 bits per heavy atom. The lowest BCUT2D eigenvalue weighted by molar-refractivity contribution is -0.484. The summed E-state index contributed by atoms with van der Waals surface area (Å²) in [4.78, 5) is 15.3. The Kier molecular flexibility index (Phi) is 5.06. The van der Waals surface area contributed by atoms with Crippen molar-refractivity contribution in [3.63, 3.8) is 0 Å². The SMILES string of the molecule is COc1ccc2c(c1)Sc1cc(OC)cc(Sc3ccccc3)c1N2[N+](=O)[O-]. The Morgan fingerprint density at radius 1 is 0.964 bits per heavy atom. The van der Waals surface area contributed by atoms with Crippen LogP contribution in [0.5, 0.6) is 11.5 Å². The summed E-state index contributed by atoms with van der Waals surface area (Å²) in [6, 6.07) is 18.7. The third-order valence-corrected chi connectivity index (χ3v) is 6.33. The molecule has 142 valence electrons. The summed E-state index contributed by atoms with van der Waals surface area (Å²) in [7, 11) is 3.17. The Balaban J connectivity index is 1.89. The number of hydrogen-bond acceptors (Lipinski definition) is 6. The molecule has 3 aromatic carbocycles. The van der Waals surface area contributed by atoms with Crippen LogP contribution < -0.4 is 14.5 Å². The minimum Gasteiger partial charge on any atom is -0.497 e. The van der Waals surface area contributed by atoms with E-state index in [9.17, 15) is 10.1 Å². The van der Waals surface area contributed by atoms with Gasteiger partial charge in [0.2, 0.25) is 0 Å². The maximum absolute atomic E-state index is 12.0. The van der Waals surface area contributed by atoms with Crippen LogP contribution in [-0.4, -0.2) is 19.3 Å². The fourth-order valence-electron chi connectivity index (χ4n) is 2.94. The van der Waals surface area contributed by atoms with Crippen LogP contribution in [0.3, 0.4) is 0 Å². The molecule has 0 atom stereocenters. The number of nitrogens with zero attached hydrogens (tertiary/aromatic N) is 2. The van der Waals surface area contributed by atoms with Gasteiger partial charge >= 0.3 is 0 Å². The fourth-order valence-corrected chi connectivity index (χ4v) is 5.16. The van der Waals surface area contributed by atoms with Crippen molar-refractivity contribution in [2.24, 2.45) is 0 Å². The lowest BCUT2D eigenvalue weighted by atomic mass is 10.2. The average Bonchev–Trinajstić information content (AvgIpc) is 2.71. The van der Waals surface area contributed by atoms with Gasteiger partial charge in [-0.25, -0.2) is 10.1 Å². The van der Waals surface area contributed by atoms with E-state index in [1.807, 2.05) is 48.5 Å². The van der Waals surface area contributed by atoms with Crippen molar-refractivity contribution in [3.8, 4) is 11.5 Å². The third-order valence-electron chi connectivity index (χ3n) is 4.21. The van der Waals surface area contributed by atoms with Gasteiger partial charge < -0.3 is 9.47 Å². The number of nitro groups is 1. The van der Waals surface area contributed by atoms with Gasteiger partial charge in [-0.2, -0.15) is 0 Å². The molecule has 6 nitrogen and oxygen atoms in total. The topological polar surface area (TPSA) is 64.8 Å². The van der Waals surface area contributed by atoms with Crippen molar-refractivity contribution < 1.29 is 14.5 Å². The Morgan fingerprint density at radius 3 is 2.36 bits per heavy atom. The molecule has 0 radical (unpaired) electrons. The predicted molar refractivity (Wildman–Crippen MR) is 110 cm³/mol. The fraction of sp³-hybridized carbons (Fsp3) is 0.100. The predicted octanol–water partition coefficient (Wildman–Crippen LogP) is 5.65. The normalized spacial score (nSPS) is 12.1. The minimum absolute atomic E-state index is 0.384.